The maximum Gasteiger partial charge on any atom is 0.0681 e. The standard InChI is InChI=1S/C13H22N2O/c1-10(2)13(14)8-15-7-11-3-5-12(9-16)6-4-11/h3-6,10,13,15-16H,7-9,14H2,1-2H3. The largest absolute Gasteiger partial charge is 0.392 e. The van der Waals surface area contributed by atoms with Crippen molar-refractivity contribution in [3.63, 3.8) is 0 Å². The number of benzene rings is 1. The molecule has 90 valence electrons. The van der Waals surface area contributed by atoms with Gasteiger partial charge in [0.2, 0.25) is 0 Å². The number of nitrogens with one attached hydrogen (secondary N) is 1. The third-order valence-electron chi connectivity index (χ3n) is 2.77. The highest BCUT2D eigenvalue weighted by atomic mass is 16.3. The van der Waals surface area contributed by atoms with Gasteiger partial charge in [-0.1, -0.05) is 38.1 Å². The van der Waals surface area contributed by atoms with Crippen molar-refractivity contribution in [2.75, 3.05) is 6.54 Å². The molecule has 0 saturated heterocycles. The first-order chi connectivity index (χ1) is 7.63. The third-order valence-corrected chi connectivity index (χ3v) is 2.77. The fraction of sp³-hybridized carbons (Fsp3) is 0.538. The van der Waals surface area contributed by atoms with Crippen LogP contribution in [0.2, 0.25) is 0 Å². The Morgan fingerprint density at radius 3 is 2.25 bits per heavy atom. The molecular formula is C13H22N2O. The second-order valence-corrected chi connectivity index (χ2v) is 4.51. The zero-order chi connectivity index (χ0) is 12.0. The molecule has 0 aromatic heterocycles. The normalized spacial score (nSPS) is 13.1. The van der Waals surface area contributed by atoms with Gasteiger partial charge in [0.05, 0.1) is 6.61 Å². The van der Waals surface area contributed by atoms with E-state index in [2.05, 4.69) is 19.2 Å². The molecule has 1 rings (SSSR count). The molecule has 0 spiro atoms. The molecule has 16 heavy (non-hydrogen) atoms. The number of aliphatic hydroxyl groups excluding tert-OH is 1. The van der Waals surface area contributed by atoms with Gasteiger partial charge in [-0.25, -0.2) is 0 Å². The molecule has 0 radical (unpaired) electrons. The van der Waals surface area contributed by atoms with E-state index in [0.717, 1.165) is 18.7 Å². The number of rotatable bonds is 6. The first-order valence-electron chi connectivity index (χ1n) is 5.78. The molecule has 0 fully saturated rings. The minimum atomic E-state index is 0.103. The van der Waals surface area contributed by atoms with Gasteiger partial charge in [-0.2, -0.15) is 0 Å². The Kier molecular flexibility index (Phi) is 5.46. The van der Waals surface area contributed by atoms with Crippen molar-refractivity contribution < 1.29 is 5.11 Å². The molecule has 1 aromatic rings. The van der Waals surface area contributed by atoms with Crippen LogP contribution in [0.3, 0.4) is 0 Å². The van der Waals surface area contributed by atoms with E-state index in [-0.39, 0.29) is 12.6 Å². The van der Waals surface area contributed by atoms with E-state index < -0.39 is 0 Å². The second kappa shape index (κ2) is 6.63. The fourth-order valence-electron chi connectivity index (χ4n) is 1.38. The van der Waals surface area contributed by atoms with Crippen LogP contribution in [0.4, 0.5) is 0 Å². The molecule has 0 bridgehead atoms. The average Bonchev–Trinajstić information content (AvgIpc) is 2.29. The molecule has 1 aromatic carbocycles. The molecule has 0 aliphatic rings. The molecule has 0 saturated carbocycles. The monoisotopic (exact) mass is 222 g/mol. The summed E-state index contributed by atoms with van der Waals surface area (Å²) < 4.78 is 0. The van der Waals surface area contributed by atoms with Gasteiger partial charge in [-0.15, -0.1) is 0 Å². The predicted molar refractivity (Wildman–Crippen MR) is 66.9 cm³/mol. The van der Waals surface area contributed by atoms with Crippen LogP contribution in [-0.2, 0) is 13.2 Å². The van der Waals surface area contributed by atoms with Gasteiger partial charge < -0.3 is 16.2 Å². The Balaban J connectivity index is 2.31. The zero-order valence-corrected chi connectivity index (χ0v) is 10.1. The van der Waals surface area contributed by atoms with Crippen molar-refractivity contribution in [3.8, 4) is 0 Å². The quantitative estimate of drug-likeness (QED) is 0.679. The van der Waals surface area contributed by atoms with Crippen molar-refractivity contribution in [3.05, 3.63) is 35.4 Å². The maximum atomic E-state index is 8.91. The summed E-state index contributed by atoms with van der Waals surface area (Å²) in [6.45, 7) is 6.02. The van der Waals surface area contributed by atoms with Crippen LogP contribution < -0.4 is 11.1 Å². The van der Waals surface area contributed by atoms with Gasteiger partial charge in [0.1, 0.15) is 0 Å². The molecule has 0 aliphatic heterocycles. The molecular weight excluding hydrogens is 200 g/mol. The van der Waals surface area contributed by atoms with Crippen molar-refractivity contribution in [1.29, 1.82) is 0 Å². The van der Waals surface area contributed by atoms with Crippen molar-refractivity contribution >= 4 is 0 Å². The minimum Gasteiger partial charge on any atom is -0.392 e. The third kappa shape index (κ3) is 4.31. The lowest BCUT2D eigenvalue weighted by Gasteiger charge is -2.16. The lowest BCUT2D eigenvalue weighted by molar-refractivity contribution is 0.282. The average molecular weight is 222 g/mol. The minimum absolute atomic E-state index is 0.103. The SMILES string of the molecule is CC(C)C(N)CNCc1ccc(CO)cc1. The Morgan fingerprint density at radius 2 is 1.75 bits per heavy atom. The molecule has 3 nitrogen and oxygen atoms in total. The summed E-state index contributed by atoms with van der Waals surface area (Å²) in [6, 6.07) is 8.15. The van der Waals surface area contributed by atoms with E-state index in [1.54, 1.807) is 0 Å². The number of hydrogen-bond donors (Lipinski definition) is 3. The Hall–Kier alpha value is -0.900. The van der Waals surface area contributed by atoms with Crippen LogP contribution in [0.1, 0.15) is 25.0 Å². The van der Waals surface area contributed by atoms with Crippen LogP contribution in [0.5, 0.6) is 0 Å². The highest BCUT2D eigenvalue weighted by molar-refractivity contribution is 5.21. The number of hydrogen-bond acceptors (Lipinski definition) is 3. The predicted octanol–water partition coefficient (Wildman–Crippen LogP) is 1.25. The molecule has 0 aliphatic carbocycles. The maximum absolute atomic E-state index is 8.91. The lowest BCUT2D eigenvalue weighted by Crippen LogP contribution is -2.37. The second-order valence-electron chi connectivity index (χ2n) is 4.51. The zero-order valence-electron chi connectivity index (χ0n) is 10.1. The van der Waals surface area contributed by atoms with Gasteiger partial charge in [0.25, 0.3) is 0 Å². The molecule has 4 N–H and O–H groups in total. The van der Waals surface area contributed by atoms with Gasteiger partial charge in [0, 0.05) is 19.1 Å². The highest BCUT2D eigenvalue weighted by Crippen LogP contribution is 2.04. The Bertz CT molecular complexity index is 295. The van der Waals surface area contributed by atoms with Crippen LogP contribution >= 0.6 is 0 Å². The Labute approximate surface area is 97.7 Å². The van der Waals surface area contributed by atoms with E-state index >= 15 is 0 Å². The van der Waals surface area contributed by atoms with E-state index in [1.807, 2.05) is 24.3 Å². The summed E-state index contributed by atoms with van der Waals surface area (Å²) in [4.78, 5) is 0. The highest BCUT2D eigenvalue weighted by Gasteiger charge is 2.06. The van der Waals surface area contributed by atoms with E-state index in [9.17, 15) is 0 Å². The van der Waals surface area contributed by atoms with E-state index in [0.29, 0.717) is 5.92 Å². The van der Waals surface area contributed by atoms with Crippen LogP contribution in [0, 0.1) is 5.92 Å². The molecule has 3 heteroatoms. The number of nitrogens with two attached hydrogens (primary N) is 1. The molecule has 1 atom stereocenters. The topological polar surface area (TPSA) is 58.3 Å². The summed E-state index contributed by atoms with van der Waals surface area (Å²) in [7, 11) is 0. The van der Waals surface area contributed by atoms with Gasteiger partial charge in [-0.3, -0.25) is 0 Å². The first-order valence-corrected chi connectivity index (χ1v) is 5.78. The van der Waals surface area contributed by atoms with E-state index in [4.69, 9.17) is 10.8 Å². The summed E-state index contributed by atoms with van der Waals surface area (Å²) in [5.41, 5.74) is 8.09. The summed E-state index contributed by atoms with van der Waals surface area (Å²) in [5.74, 6) is 0.504. The summed E-state index contributed by atoms with van der Waals surface area (Å²) in [6.07, 6.45) is 0. The summed E-state index contributed by atoms with van der Waals surface area (Å²) in [5, 5.41) is 12.2. The molecule has 1 unspecified atom stereocenters. The van der Waals surface area contributed by atoms with Crippen molar-refractivity contribution in [1.82, 2.24) is 5.32 Å². The van der Waals surface area contributed by atoms with Gasteiger partial charge in [0.15, 0.2) is 0 Å². The van der Waals surface area contributed by atoms with Gasteiger partial charge in [-0.05, 0) is 17.0 Å². The number of aliphatic hydroxyl groups is 1. The van der Waals surface area contributed by atoms with Crippen molar-refractivity contribution in [2.24, 2.45) is 11.7 Å². The summed E-state index contributed by atoms with van der Waals surface area (Å²) >= 11 is 0. The van der Waals surface area contributed by atoms with Crippen LogP contribution in [-0.4, -0.2) is 17.7 Å². The Morgan fingerprint density at radius 1 is 1.19 bits per heavy atom. The smallest absolute Gasteiger partial charge is 0.0681 e. The first kappa shape index (κ1) is 13.2. The van der Waals surface area contributed by atoms with E-state index in [1.165, 1.54) is 5.56 Å². The molecule has 0 heterocycles. The van der Waals surface area contributed by atoms with Crippen LogP contribution in [0.15, 0.2) is 24.3 Å². The van der Waals surface area contributed by atoms with Crippen LogP contribution in [0.25, 0.3) is 0 Å². The van der Waals surface area contributed by atoms with Gasteiger partial charge >= 0.3 is 0 Å². The lowest BCUT2D eigenvalue weighted by atomic mass is 10.1. The fourth-order valence-corrected chi connectivity index (χ4v) is 1.38. The van der Waals surface area contributed by atoms with Crippen molar-refractivity contribution in [2.45, 2.75) is 33.0 Å². The molecule has 0 amide bonds.